The van der Waals surface area contributed by atoms with E-state index in [-0.39, 0.29) is 33.9 Å². The molecule has 8 heteroatoms. The van der Waals surface area contributed by atoms with E-state index in [0.717, 1.165) is 0 Å². The lowest BCUT2D eigenvalue weighted by Gasteiger charge is -1.98. The van der Waals surface area contributed by atoms with Gasteiger partial charge in [0.1, 0.15) is 11.1 Å². The molecule has 2 rings (SSSR count). The van der Waals surface area contributed by atoms with E-state index in [1.54, 1.807) is 0 Å². The van der Waals surface area contributed by atoms with Crippen LogP contribution in [0.5, 0.6) is 0 Å². The van der Waals surface area contributed by atoms with Gasteiger partial charge in [0.15, 0.2) is 0 Å². The van der Waals surface area contributed by atoms with Gasteiger partial charge in [-0.3, -0.25) is 20.2 Å². The predicted molar refractivity (Wildman–Crippen MR) is 81.0 cm³/mol. The Kier molecular flexibility index (Phi) is 3.90. The van der Waals surface area contributed by atoms with Crippen molar-refractivity contribution in [3.05, 3.63) is 67.8 Å². The van der Waals surface area contributed by atoms with Crippen molar-refractivity contribution in [1.29, 1.82) is 0 Å². The molecule has 2 aromatic carbocycles. The van der Waals surface area contributed by atoms with Crippen LogP contribution in [-0.4, -0.2) is 9.85 Å². The number of anilines is 2. The number of nitrogens with zero attached hydrogens (tertiary/aromatic N) is 2. The van der Waals surface area contributed by atoms with Gasteiger partial charge in [-0.1, -0.05) is 11.8 Å². The molecule has 0 aliphatic heterocycles. The minimum absolute atomic E-state index is 0.116. The number of nitrogen functional groups attached to an aromatic ring is 2. The number of rotatable bonds is 2. The fourth-order valence-corrected chi connectivity index (χ4v) is 1.75. The summed E-state index contributed by atoms with van der Waals surface area (Å²) in [5, 5.41) is 21.9. The van der Waals surface area contributed by atoms with Crippen LogP contribution >= 0.6 is 0 Å². The molecule has 4 N–H and O–H groups in total. The van der Waals surface area contributed by atoms with Crippen LogP contribution in [0.4, 0.5) is 22.7 Å². The van der Waals surface area contributed by atoms with E-state index in [0.29, 0.717) is 0 Å². The lowest BCUT2D eigenvalue weighted by molar-refractivity contribution is -0.385. The van der Waals surface area contributed by atoms with Gasteiger partial charge in [0.25, 0.3) is 11.4 Å². The van der Waals surface area contributed by atoms with Crippen LogP contribution in [-0.2, 0) is 0 Å². The number of nitro benzene ring substituents is 2. The van der Waals surface area contributed by atoms with Crippen molar-refractivity contribution >= 4 is 22.7 Å². The van der Waals surface area contributed by atoms with Crippen molar-refractivity contribution in [2.24, 2.45) is 0 Å². The summed E-state index contributed by atoms with van der Waals surface area (Å²) in [5.74, 6) is 5.12. The van der Waals surface area contributed by atoms with Crippen molar-refractivity contribution in [2.45, 2.75) is 0 Å². The average Bonchev–Trinajstić information content (AvgIpc) is 2.46. The molecule has 0 heterocycles. The summed E-state index contributed by atoms with van der Waals surface area (Å²) < 4.78 is 0. The highest BCUT2D eigenvalue weighted by Gasteiger charge is 2.14. The van der Waals surface area contributed by atoms with E-state index >= 15 is 0 Å². The van der Waals surface area contributed by atoms with Crippen molar-refractivity contribution in [3.8, 4) is 11.8 Å². The molecular weight excluding hydrogens is 288 g/mol. The van der Waals surface area contributed by atoms with Gasteiger partial charge in [-0.15, -0.1) is 0 Å². The Labute approximate surface area is 124 Å². The highest BCUT2D eigenvalue weighted by Crippen LogP contribution is 2.23. The Hall–Kier alpha value is -3.60. The molecule has 2 aromatic rings. The molecule has 110 valence electrons. The molecule has 0 aliphatic rings. The van der Waals surface area contributed by atoms with E-state index in [9.17, 15) is 20.2 Å². The van der Waals surface area contributed by atoms with Crippen molar-refractivity contribution in [3.63, 3.8) is 0 Å². The second-order valence-corrected chi connectivity index (χ2v) is 4.32. The summed E-state index contributed by atoms with van der Waals surface area (Å²) in [5.41, 5.74) is 11.2. The number of nitro groups is 2. The van der Waals surface area contributed by atoms with Gasteiger partial charge >= 0.3 is 0 Å². The third kappa shape index (κ3) is 3.10. The molecule has 0 amide bonds. The number of hydrogen-bond acceptors (Lipinski definition) is 6. The zero-order chi connectivity index (χ0) is 16.3. The fraction of sp³-hybridized carbons (Fsp3) is 0. The average molecular weight is 298 g/mol. The summed E-state index contributed by atoms with van der Waals surface area (Å²) in [7, 11) is 0. The molecule has 0 saturated carbocycles. The molecule has 0 radical (unpaired) electrons. The monoisotopic (exact) mass is 298 g/mol. The zero-order valence-corrected chi connectivity index (χ0v) is 11.1. The van der Waals surface area contributed by atoms with Crippen LogP contribution in [0.25, 0.3) is 0 Å². The minimum atomic E-state index is -0.613. The Bertz CT molecular complexity index is 769. The topological polar surface area (TPSA) is 138 Å². The normalized spacial score (nSPS) is 9.64. The van der Waals surface area contributed by atoms with Crippen LogP contribution in [0, 0.1) is 32.1 Å². The van der Waals surface area contributed by atoms with E-state index in [1.807, 2.05) is 0 Å². The molecule has 0 aromatic heterocycles. The Morgan fingerprint density at radius 3 is 1.45 bits per heavy atom. The van der Waals surface area contributed by atoms with Gasteiger partial charge in [-0.25, -0.2) is 0 Å². The Morgan fingerprint density at radius 2 is 1.14 bits per heavy atom. The number of hydrogen-bond donors (Lipinski definition) is 2. The Morgan fingerprint density at radius 1 is 0.773 bits per heavy atom. The van der Waals surface area contributed by atoms with Gasteiger partial charge in [0, 0.05) is 23.5 Å². The number of nitrogens with two attached hydrogens (primary N) is 2. The Balaban J connectivity index is 2.52. The molecule has 22 heavy (non-hydrogen) atoms. The molecule has 0 atom stereocenters. The lowest BCUT2D eigenvalue weighted by atomic mass is 10.1. The standard InChI is InChI=1S/C14H10N4O4/c15-11-5-3-9(13(7-11)17(19)20)1-2-10-4-6-12(16)8-14(10)18(21)22/h3-8H,15-16H2. The quantitative estimate of drug-likeness (QED) is 0.376. The van der Waals surface area contributed by atoms with E-state index in [2.05, 4.69) is 11.8 Å². The first-order valence-corrected chi connectivity index (χ1v) is 5.98. The van der Waals surface area contributed by atoms with Crippen LogP contribution < -0.4 is 11.5 Å². The number of benzene rings is 2. The van der Waals surface area contributed by atoms with E-state index < -0.39 is 9.85 Å². The summed E-state index contributed by atoms with van der Waals surface area (Å²) in [6.07, 6.45) is 0. The first kappa shape index (κ1) is 14.8. The van der Waals surface area contributed by atoms with Crippen molar-refractivity contribution < 1.29 is 9.85 Å². The second-order valence-electron chi connectivity index (χ2n) is 4.32. The van der Waals surface area contributed by atoms with Crippen LogP contribution in [0.2, 0.25) is 0 Å². The van der Waals surface area contributed by atoms with Crippen molar-refractivity contribution in [1.82, 2.24) is 0 Å². The zero-order valence-electron chi connectivity index (χ0n) is 11.1. The van der Waals surface area contributed by atoms with Gasteiger partial charge in [-0.2, -0.15) is 0 Å². The van der Waals surface area contributed by atoms with Crippen LogP contribution in [0.3, 0.4) is 0 Å². The molecule has 8 nitrogen and oxygen atoms in total. The highest BCUT2D eigenvalue weighted by molar-refractivity contribution is 5.63. The van der Waals surface area contributed by atoms with Gasteiger partial charge in [0.2, 0.25) is 0 Å². The summed E-state index contributed by atoms with van der Waals surface area (Å²) in [4.78, 5) is 20.7. The first-order chi connectivity index (χ1) is 10.4. The third-order valence-corrected chi connectivity index (χ3v) is 2.77. The smallest absolute Gasteiger partial charge is 0.286 e. The SMILES string of the molecule is Nc1ccc(C#Cc2ccc(N)cc2[N+](=O)[O-])c([N+](=O)[O-])c1. The summed E-state index contributed by atoms with van der Waals surface area (Å²) in [6, 6.07) is 8.08. The molecule has 0 saturated heterocycles. The molecule has 0 unspecified atom stereocenters. The third-order valence-electron chi connectivity index (χ3n) is 2.77. The van der Waals surface area contributed by atoms with Gasteiger partial charge in [-0.05, 0) is 24.3 Å². The minimum Gasteiger partial charge on any atom is -0.399 e. The lowest BCUT2D eigenvalue weighted by Crippen LogP contribution is -1.96. The predicted octanol–water partition coefficient (Wildman–Crippen LogP) is 2.07. The molecule has 0 fully saturated rings. The molecule has 0 aliphatic carbocycles. The maximum atomic E-state index is 11.0. The molecule has 0 bridgehead atoms. The van der Waals surface area contributed by atoms with Crippen LogP contribution in [0.15, 0.2) is 36.4 Å². The first-order valence-electron chi connectivity index (χ1n) is 5.98. The maximum Gasteiger partial charge on any atom is 0.286 e. The molecule has 0 spiro atoms. The largest absolute Gasteiger partial charge is 0.399 e. The molecular formula is C14H10N4O4. The highest BCUT2D eigenvalue weighted by atomic mass is 16.6. The van der Waals surface area contributed by atoms with Gasteiger partial charge in [0.05, 0.1) is 9.85 Å². The van der Waals surface area contributed by atoms with E-state index in [4.69, 9.17) is 11.5 Å². The van der Waals surface area contributed by atoms with Gasteiger partial charge < -0.3 is 11.5 Å². The fourth-order valence-electron chi connectivity index (χ4n) is 1.75. The van der Waals surface area contributed by atoms with Crippen molar-refractivity contribution in [2.75, 3.05) is 11.5 Å². The van der Waals surface area contributed by atoms with E-state index in [1.165, 1.54) is 36.4 Å². The summed E-state index contributed by atoms with van der Waals surface area (Å²) in [6.45, 7) is 0. The van der Waals surface area contributed by atoms with Crippen LogP contribution in [0.1, 0.15) is 11.1 Å². The maximum absolute atomic E-state index is 11.0. The second kappa shape index (κ2) is 5.80. The summed E-state index contributed by atoms with van der Waals surface area (Å²) >= 11 is 0.